The zero-order chi connectivity index (χ0) is 12.7. The Labute approximate surface area is 104 Å². The number of nitrogens with zero attached hydrogens (tertiary/aromatic N) is 2. The fraction of sp³-hybridized carbons (Fsp3) is 0.308. The molecule has 0 saturated heterocycles. The van der Waals surface area contributed by atoms with Gasteiger partial charge in [-0.25, -0.2) is 5.01 Å². The molecule has 0 radical (unpaired) electrons. The lowest BCUT2D eigenvalue weighted by Crippen LogP contribution is -2.37. The number of hydrazone groups is 1. The second-order valence-corrected chi connectivity index (χ2v) is 4.59. The van der Waals surface area contributed by atoms with Gasteiger partial charge in [-0.3, -0.25) is 9.59 Å². The molecule has 18 heavy (non-hydrogen) atoms. The third-order valence-electron chi connectivity index (χ3n) is 3.30. The number of carbonyl (C=O) groups is 2. The second-order valence-electron chi connectivity index (χ2n) is 4.59. The average Bonchev–Trinajstić information content (AvgIpc) is 3.14. The van der Waals surface area contributed by atoms with E-state index in [4.69, 9.17) is 5.11 Å². The number of benzene rings is 1. The SMILES string of the molecule is O=C(O)CN1N=C(c2ccccc2)[C@H]2C[C@H]2C1=O. The summed E-state index contributed by atoms with van der Waals surface area (Å²) < 4.78 is 0. The van der Waals surface area contributed by atoms with Gasteiger partial charge in [-0.2, -0.15) is 5.10 Å². The van der Waals surface area contributed by atoms with Crippen molar-refractivity contribution in [1.82, 2.24) is 5.01 Å². The first-order valence-electron chi connectivity index (χ1n) is 5.84. The molecule has 3 rings (SSSR count). The van der Waals surface area contributed by atoms with Crippen LogP contribution in [0.2, 0.25) is 0 Å². The standard InChI is InChI=1S/C13H12N2O3/c16-11(17)7-15-13(18)10-6-9(10)12(14-15)8-4-2-1-3-5-8/h1-5,9-10H,6-7H2,(H,16,17)/t9-,10+/m0/s1. The van der Waals surface area contributed by atoms with Gasteiger partial charge in [-0.1, -0.05) is 30.3 Å². The summed E-state index contributed by atoms with van der Waals surface area (Å²) in [6, 6.07) is 9.60. The largest absolute Gasteiger partial charge is 0.480 e. The Hall–Kier alpha value is -2.17. The molecule has 92 valence electrons. The van der Waals surface area contributed by atoms with Gasteiger partial charge in [0.2, 0.25) is 5.91 Å². The fourth-order valence-corrected chi connectivity index (χ4v) is 2.34. The Bertz CT molecular complexity index is 538. The second kappa shape index (κ2) is 3.94. The fourth-order valence-electron chi connectivity index (χ4n) is 2.34. The lowest BCUT2D eigenvalue weighted by atomic mass is 10.0. The molecule has 1 amide bonds. The summed E-state index contributed by atoms with van der Waals surface area (Å²) in [6.07, 6.45) is 0.780. The number of carbonyl (C=O) groups excluding carboxylic acids is 1. The number of hydrogen-bond acceptors (Lipinski definition) is 3. The quantitative estimate of drug-likeness (QED) is 0.860. The summed E-state index contributed by atoms with van der Waals surface area (Å²) in [6.45, 7) is -0.363. The summed E-state index contributed by atoms with van der Waals surface area (Å²) in [7, 11) is 0. The molecular formula is C13H12N2O3. The van der Waals surface area contributed by atoms with Gasteiger partial charge in [-0.15, -0.1) is 0 Å². The van der Waals surface area contributed by atoms with Crippen LogP contribution in [0.15, 0.2) is 35.4 Å². The molecule has 5 heteroatoms. The van der Waals surface area contributed by atoms with Crippen LogP contribution in [-0.2, 0) is 9.59 Å². The first-order valence-corrected chi connectivity index (χ1v) is 5.84. The van der Waals surface area contributed by atoms with Crippen molar-refractivity contribution in [2.24, 2.45) is 16.9 Å². The first-order chi connectivity index (χ1) is 8.66. The Kier molecular flexibility index (Phi) is 2.40. The van der Waals surface area contributed by atoms with Crippen molar-refractivity contribution >= 4 is 17.6 Å². The van der Waals surface area contributed by atoms with Crippen molar-refractivity contribution in [2.75, 3.05) is 6.54 Å². The lowest BCUT2D eigenvalue weighted by molar-refractivity contribution is -0.145. The van der Waals surface area contributed by atoms with Crippen molar-refractivity contribution in [3.63, 3.8) is 0 Å². The first kappa shape index (κ1) is 11.0. The highest BCUT2D eigenvalue weighted by atomic mass is 16.4. The summed E-state index contributed by atoms with van der Waals surface area (Å²) >= 11 is 0. The average molecular weight is 244 g/mol. The number of carboxylic acids is 1. The van der Waals surface area contributed by atoms with Gasteiger partial charge in [0.1, 0.15) is 6.54 Å². The van der Waals surface area contributed by atoms with E-state index in [9.17, 15) is 9.59 Å². The molecule has 1 aromatic rings. The van der Waals surface area contributed by atoms with Crippen molar-refractivity contribution < 1.29 is 14.7 Å². The van der Waals surface area contributed by atoms with Crippen LogP contribution in [0.3, 0.4) is 0 Å². The van der Waals surface area contributed by atoms with Crippen molar-refractivity contribution in [1.29, 1.82) is 0 Å². The third kappa shape index (κ3) is 1.77. The summed E-state index contributed by atoms with van der Waals surface area (Å²) in [5.74, 6) is -1.11. The van der Waals surface area contributed by atoms with E-state index in [2.05, 4.69) is 5.10 Å². The van der Waals surface area contributed by atoms with Gasteiger partial charge in [0.25, 0.3) is 0 Å². The van der Waals surface area contributed by atoms with E-state index < -0.39 is 5.97 Å². The van der Waals surface area contributed by atoms with E-state index in [1.54, 1.807) is 0 Å². The van der Waals surface area contributed by atoms with Crippen LogP contribution in [0.25, 0.3) is 0 Å². The molecule has 0 aromatic heterocycles. The van der Waals surface area contributed by atoms with Crippen LogP contribution in [0.4, 0.5) is 0 Å². The highest BCUT2D eigenvalue weighted by Gasteiger charge is 2.51. The molecule has 2 atom stereocenters. The predicted molar refractivity (Wildman–Crippen MR) is 63.9 cm³/mol. The van der Waals surface area contributed by atoms with E-state index in [0.717, 1.165) is 22.7 Å². The maximum absolute atomic E-state index is 11.8. The van der Waals surface area contributed by atoms with E-state index in [0.29, 0.717) is 0 Å². The number of amides is 1. The van der Waals surface area contributed by atoms with Crippen LogP contribution in [0, 0.1) is 11.8 Å². The summed E-state index contributed by atoms with van der Waals surface area (Å²) in [5, 5.41) is 14.1. The number of rotatable bonds is 3. The minimum atomic E-state index is -1.04. The highest BCUT2D eigenvalue weighted by molar-refractivity contribution is 6.09. The summed E-state index contributed by atoms with van der Waals surface area (Å²) in [4.78, 5) is 22.5. The minimum Gasteiger partial charge on any atom is -0.480 e. The molecule has 5 nitrogen and oxygen atoms in total. The van der Waals surface area contributed by atoms with Gasteiger partial charge >= 0.3 is 5.97 Å². The van der Waals surface area contributed by atoms with E-state index in [1.165, 1.54) is 0 Å². The maximum atomic E-state index is 11.8. The smallest absolute Gasteiger partial charge is 0.325 e. The zero-order valence-electron chi connectivity index (χ0n) is 9.61. The molecule has 1 aromatic carbocycles. The number of aliphatic carboxylic acids is 1. The number of carboxylic acid groups (broad SMARTS) is 1. The molecule has 0 unspecified atom stereocenters. The molecule has 0 spiro atoms. The van der Waals surface area contributed by atoms with Crippen LogP contribution < -0.4 is 0 Å². The van der Waals surface area contributed by atoms with Gasteiger partial charge in [0.05, 0.1) is 5.71 Å². The number of fused-ring (bicyclic) bond motifs is 1. The molecule has 1 aliphatic carbocycles. The molecule has 1 aliphatic heterocycles. The Morgan fingerprint density at radius 3 is 2.72 bits per heavy atom. The van der Waals surface area contributed by atoms with Gasteiger partial charge in [0, 0.05) is 11.8 Å². The van der Waals surface area contributed by atoms with Crippen molar-refractivity contribution in [2.45, 2.75) is 6.42 Å². The zero-order valence-corrected chi connectivity index (χ0v) is 9.61. The molecule has 2 aliphatic rings. The molecular weight excluding hydrogens is 232 g/mol. The van der Waals surface area contributed by atoms with E-state index in [1.807, 2.05) is 30.3 Å². The third-order valence-corrected chi connectivity index (χ3v) is 3.30. The molecule has 1 heterocycles. The molecule has 1 N–H and O–H groups in total. The monoisotopic (exact) mass is 244 g/mol. The van der Waals surface area contributed by atoms with E-state index >= 15 is 0 Å². The minimum absolute atomic E-state index is 0.0722. The van der Waals surface area contributed by atoms with Crippen LogP contribution in [0.5, 0.6) is 0 Å². The van der Waals surface area contributed by atoms with E-state index in [-0.39, 0.29) is 24.3 Å². The van der Waals surface area contributed by atoms with Gasteiger partial charge in [0.15, 0.2) is 0 Å². The Balaban J connectivity index is 1.94. The van der Waals surface area contributed by atoms with Gasteiger partial charge in [-0.05, 0) is 12.0 Å². The maximum Gasteiger partial charge on any atom is 0.325 e. The van der Waals surface area contributed by atoms with Crippen molar-refractivity contribution in [3.05, 3.63) is 35.9 Å². The van der Waals surface area contributed by atoms with Crippen LogP contribution in [0.1, 0.15) is 12.0 Å². The topological polar surface area (TPSA) is 70.0 Å². The Morgan fingerprint density at radius 2 is 2.06 bits per heavy atom. The van der Waals surface area contributed by atoms with Crippen LogP contribution in [-0.4, -0.2) is 34.2 Å². The Morgan fingerprint density at radius 1 is 1.33 bits per heavy atom. The van der Waals surface area contributed by atoms with Gasteiger partial charge < -0.3 is 5.11 Å². The predicted octanol–water partition coefficient (Wildman–Crippen LogP) is 0.954. The van der Waals surface area contributed by atoms with Crippen molar-refractivity contribution in [3.8, 4) is 0 Å². The normalized spacial score (nSPS) is 25.4. The summed E-state index contributed by atoms with van der Waals surface area (Å²) in [5.41, 5.74) is 1.80. The lowest BCUT2D eigenvalue weighted by Gasteiger charge is -2.21. The molecule has 1 fully saturated rings. The molecule has 1 saturated carbocycles. The highest BCUT2D eigenvalue weighted by Crippen LogP contribution is 2.45. The van der Waals surface area contributed by atoms with Crippen LogP contribution >= 0.6 is 0 Å². The number of hydrogen-bond donors (Lipinski definition) is 1. The molecule has 0 bridgehead atoms.